The fraction of sp³-hybridized carbons (Fsp3) is 0.571. The van der Waals surface area contributed by atoms with Gasteiger partial charge in [-0.05, 0) is 33.3 Å². The molecule has 0 aliphatic rings. The van der Waals surface area contributed by atoms with Gasteiger partial charge in [0.25, 0.3) is 5.69 Å². The zero-order valence-corrected chi connectivity index (χ0v) is 12.3. The highest BCUT2D eigenvalue weighted by Gasteiger charge is 2.37. The van der Waals surface area contributed by atoms with Gasteiger partial charge >= 0.3 is 5.97 Å². The molecular weight excluding hydrogens is 262 g/mol. The number of hydrogen-bond acceptors (Lipinski definition) is 5. The zero-order chi connectivity index (χ0) is 15.2. The molecule has 0 bridgehead atoms. The van der Waals surface area contributed by atoms with E-state index < -0.39 is 10.9 Å². The summed E-state index contributed by atoms with van der Waals surface area (Å²) >= 11 is 0. The van der Waals surface area contributed by atoms with Gasteiger partial charge in [0.2, 0.25) is 0 Å². The lowest BCUT2D eigenvalue weighted by molar-refractivity contribution is -0.394. The SMILES string of the molecule is CCOC(OCC)(OCC)c1cc([N+](=O)[O-])ccc1C. The largest absolute Gasteiger partial charge is 0.324 e. The Morgan fingerprint density at radius 3 is 2.00 bits per heavy atom. The van der Waals surface area contributed by atoms with Crippen molar-refractivity contribution in [3.8, 4) is 0 Å². The van der Waals surface area contributed by atoms with Crippen LogP contribution < -0.4 is 0 Å². The van der Waals surface area contributed by atoms with Crippen LogP contribution in [0, 0.1) is 17.0 Å². The molecular formula is C14H21NO5. The second kappa shape index (κ2) is 7.33. The van der Waals surface area contributed by atoms with Crippen LogP contribution in [0.5, 0.6) is 0 Å². The third-order valence-electron chi connectivity index (χ3n) is 2.76. The first-order valence-corrected chi connectivity index (χ1v) is 6.68. The molecule has 1 rings (SSSR count). The van der Waals surface area contributed by atoms with Crippen molar-refractivity contribution in [3.63, 3.8) is 0 Å². The minimum Gasteiger partial charge on any atom is -0.324 e. The van der Waals surface area contributed by atoms with Gasteiger partial charge < -0.3 is 14.2 Å². The Balaban J connectivity index is 3.37. The summed E-state index contributed by atoms with van der Waals surface area (Å²) in [4.78, 5) is 10.5. The van der Waals surface area contributed by atoms with Crippen molar-refractivity contribution in [2.75, 3.05) is 19.8 Å². The number of aryl methyl sites for hydroxylation is 1. The van der Waals surface area contributed by atoms with E-state index in [4.69, 9.17) is 14.2 Å². The number of non-ortho nitro benzene ring substituents is 1. The summed E-state index contributed by atoms with van der Waals surface area (Å²) in [7, 11) is 0. The van der Waals surface area contributed by atoms with Gasteiger partial charge in [0.05, 0.1) is 10.5 Å². The summed E-state index contributed by atoms with van der Waals surface area (Å²) in [5, 5.41) is 10.9. The van der Waals surface area contributed by atoms with Crippen molar-refractivity contribution >= 4 is 5.69 Å². The van der Waals surface area contributed by atoms with E-state index in [1.807, 2.05) is 27.7 Å². The van der Waals surface area contributed by atoms with Crippen molar-refractivity contribution < 1.29 is 19.1 Å². The molecule has 0 aromatic heterocycles. The third kappa shape index (κ3) is 3.53. The van der Waals surface area contributed by atoms with Crippen LogP contribution in [0.1, 0.15) is 31.9 Å². The molecule has 0 amide bonds. The predicted molar refractivity (Wildman–Crippen MR) is 74.4 cm³/mol. The first-order valence-electron chi connectivity index (χ1n) is 6.68. The molecule has 6 heteroatoms. The maximum atomic E-state index is 10.9. The number of rotatable bonds is 8. The second-order valence-electron chi connectivity index (χ2n) is 4.11. The van der Waals surface area contributed by atoms with Gasteiger partial charge in [0.1, 0.15) is 0 Å². The van der Waals surface area contributed by atoms with E-state index in [-0.39, 0.29) is 5.69 Å². The van der Waals surface area contributed by atoms with Gasteiger partial charge in [-0.2, -0.15) is 0 Å². The van der Waals surface area contributed by atoms with Crippen molar-refractivity contribution in [1.82, 2.24) is 0 Å². The first-order chi connectivity index (χ1) is 9.50. The lowest BCUT2D eigenvalue weighted by Gasteiger charge is -2.33. The quantitative estimate of drug-likeness (QED) is 0.416. The molecule has 0 unspecified atom stereocenters. The van der Waals surface area contributed by atoms with Gasteiger partial charge in [-0.15, -0.1) is 0 Å². The van der Waals surface area contributed by atoms with Crippen LogP contribution in [-0.4, -0.2) is 24.7 Å². The number of benzene rings is 1. The van der Waals surface area contributed by atoms with E-state index in [9.17, 15) is 10.1 Å². The Kier molecular flexibility index (Phi) is 6.06. The number of ether oxygens (including phenoxy) is 3. The minimum atomic E-state index is -1.39. The molecule has 0 atom stereocenters. The molecule has 20 heavy (non-hydrogen) atoms. The van der Waals surface area contributed by atoms with E-state index in [0.717, 1.165) is 5.56 Å². The number of hydrogen-bond donors (Lipinski definition) is 0. The highest BCUT2D eigenvalue weighted by Crippen LogP contribution is 2.33. The summed E-state index contributed by atoms with van der Waals surface area (Å²) in [5.41, 5.74) is 1.32. The molecule has 0 fully saturated rings. The first kappa shape index (κ1) is 16.6. The summed E-state index contributed by atoms with van der Waals surface area (Å²) in [6.45, 7) is 8.38. The summed E-state index contributed by atoms with van der Waals surface area (Å²) in [6, 6.07) is 4.56. The Bertz CT molecular complexity index is 444. The molecule has 0 N–H and O–H groups in total. The van der Waals surface area contributed by atoms with Crippen molar-refractivity contribution in [2.24, 2.45) is 0 Å². The topological polar surface area (TPSA) is 70.8 Å². The highest BCUT2D eigenvalue weighted by molar-refractivity contribution is 5.41. The zero-order valence-electron chi connectivity index (χ0n) is 12.3. The summed E-state index contributed by atoms with van der Waals surface area (Å²) in [5.74, 6) is -1.39. The van der Waals surface area contributed by atoms with Gasteiger partial charge in [-0.1, -0.05) is 6.07 Å². The molecule has 1 aromatic carbocycles. The van der Waals surface area contributed by atoms with Gasteiger partial charge in [0, 0.05) is 32.0 Å². The maximum absolute atomic E-state index is 10.9. The summed E-state index contributed by atoms with van der Waals surface area (Å²) in [6.07, 6.45) is 0. The normalized spacial score (nSPS) is 11.6. The smallest absolute Gasteiger partial charge is 0.312 e. The van der Waals surface area contributed by atoms with Gasteiger partial charge in [-0.25, -0.2) is 0 Å². The van der Waals surface area contributed by atoms with Gasteiger partial charge in [-0.3, -0.25) is 10.1 Å². The van der Waals surface area contributed by atoms with Gasteiger partial charge in [0.15, 0.2) is 0 Å². The lowest BCUT2D eigenvalue weighted by Crippen LogP contribution is -2.37. The van der Waals surface area contributed by atoms with Crippen molar-refractivity contribution in [2.45, 2.75) is 33.7 Å². The average molecular weight is 283 g/mol. The van der Waals surface area contributed by atoms with Crippen LogP contribution in [-0.2, 0) is 20.2 Å². The van der Waals surface area contributed by atoms with Crippen LogP contribution in [0.2, 0.25) is 0 Å². The second-order valence-corrected chi connectivity index (χ2v) is 4.11. The van der Waals surface area contributed by atoms with Crippen LogP contribution in [0.4, 0.5) is 5.69 Å². The lowest BCUT2D eigenvalue weighted by atomic mass is 10.1. The molecule has 0 spiro atoms. The van der Waals surface area contributed by atoms with Crippen LogP contribution in [0.15, 0.2) is 18.2 Å². The van der Waals surface area contributed by atoms with E-state index >= 15 is 0 Å². The Morgan fingerprint density at radius 2 is 1.60 bits per heavy atom. The molecule has 0 heterocycles. The third-order valence-corrected chi connectivity index (χ3v) is 2.76. The Morgan fingerprint density at radius 1 is 1.10 bits per heavy atom. The van der Waals surface area contributed by atoms with E-state index in [1.165, 1.54) is 12.1 Å². The Labute approximate surface area is 118 Å². The van der Waals surface area contributed by atoms with Crippen LogP contribution in [0.25, 0.3) is 0 Å². The molecule has 0 saturated heterocycles. The predicted octanol–water partition coefficient (Wildman–Crippen LogP) is 3.12. The molecule has 112 valence electrons. The van der Waals surface area contributed by atoms with E-state index in [0.29, 0.717) is 25.4 Å². The number of nitro groups is 1. The molecule has 0 radical (unpaired) electrons. The summed E-state index contributed by atoms with van der Waals surface area (Å²) < 4.78 is 16.9. The Hall–Kier alpha value is -1.50. The van der Waals surface area contributed by atoms with Crippen LogP contribution in [0.3, 0.4) is 0 Å². The molecule has 0 aliphatic heterocycles. The van der Waals surface area contributed by atoms with E-state index in [2.05, 4.69) is 0 Å². The fourth-order valence-electron chi connectivity index (χ4n) is 1.98. The number of nitro benzene ring substituents is 1. The standard InChI is InChI=1S/C14H21NO5/c1-5-18-14(19-6-2,20-7-3)13-10-12(15(16)17)9-8-11(13)4/h8-10H,5-7H2,1-4H3. The maximum Gasteiger partial charge on any atom is 0.312 e. The molecule has 6 nitrogen and oxygen atoms in total. The number of nitrogens with zero attached hydrogens (tertiary/aromatic N) is 1. The highest BCUT2D eigenvalue weighted by atomic mass is 16.9. The van der Waals surface area contributed by atoms with Crippen LogP contribution >= 0.6 is 0 Å². The van der Waals surface area contributed by atoms with Crippen molar-refractivity contribution in [1.29, 1.82) is 0 Å². The minimum absolute atomic E-state index is 0.0194. The fourth-order valence-corrected chi connectivity index (χ4v) is 1.98. The molecule has 0 saturated carbocycles. The van der Waals surface area contributed by atoms with Crippen molar-refractivity contribution in [3.05, 3.63) is 39.4 Å². The molecule has 1 aromatic rings. The average Bonchev–Trinajstić information content (AvgIpc) is 2.39. The monoisotopic (exact) mass is 283 g/mol. The molecule has 0 aliphatic carbocycles. The van der Waals surface area contributed by atoms with E-state index in [1.54, 1.807) is 6.07 Å².